The molecule has 6 nitrogen and oxygen atoms in total. The van der Waals surface area contributed by atoms with Gasteiger partial charge in [-0.1, -0.05) is 0 Å². The largest absolute Gasteiger partial charge is 0.308 e. The van der Waals surface area contributed by atoms with Gasteiger partial charge in [0.25, 0.3) is 5.56 Å². The number of aromatic amines is 1. The summed E-state index contributed by atoms with van der Waals surface area (Å²) >= 11 is 1.41. The zero-order chi connectivity index (χ0) is 15.0. The normalized spacial score (nSPS) is 11.4. The number of fused-ring (bicyclic) bond motifs is 1. The van der Waals surface area contributed by atoms with Crippen LogP contribution in [0.5, 0.6) is 0 Å². The van der Waals surface area contributed by atoms with Crippen LogP contribution in [-0.2, 0) is 20.1 Å². The van der Waals surface area contributed by atoms with Gasteiger partial charge in [-0.15, -0.1) is 11.3 Å². The molecule has 0 aliphatic rings. The van der Waals surface area contributed by atoms with E-state index in [1.165, 1.54) is 16.9 Å². The van der Waals surface area contributed by atoms with Crippen molar-refractivity contribution in [3.05, 3.63) is 44.6 Å². The zero-order valence-electron chi connectivity index (χ0n) is 12.2. The molecule has 0 aliphatic carbocycles. The molecule has 2 N–H and O–H groups in total. The summed E-state index contributed by atoms with van der Waals surface area (Å²) in [5.74, 6) is 0.657. The van der Waals surface area contributed by atoms with Crippen LogP contribution < -0.4 is 10.9 Å². The van der Waals surface area contributed by atoms with Crippen LogP contribution in [0.3, 0.4) is 0 Å². The van der Waals surface area contributed by atoms with Crippen LogP contribution in [0.4, 0.5) is 0 Å². The molecule has 0 bridgehead atoms. The van der Waals surface area contributed by atoms with Gasteiger partial charge in [0.2, 0.25) is 0 Å². The fourth-order valence-electron chi connectivity index (χ4n) is 2.38. The second-order valence-corrected chi connectivity index (χ2v) is 5.94. The molecule has 0 unspecified atom stereocenters. The summed E-state index contributed by atoms with van der Waals surface area (Å²) in [5, 5.41) is 9.58. The van der Waals surface area contributed by atoms with Crippen LogP contribution in [0.15, 0.2) is 16.2 Å². The standard InChI is InChI=1S/C14H17N5OS/c1-8-10(9(2)19(3)18-8)6-15-7-12-16-11-4-5-21-13(11)14(20)17-12/h4-5,15H,6-7H2,1-3H3,(H,16,17,20). The Bertz CT molecular complexity index is 845. The molecule has 3 heterocycles. The van der Waals surface area contributed by atoms with Gasteiger partial charge < -0.3 is 10.3 Å². The van der Waals surface area contributed by atoms with Crippen molar-refractivity contribution >= 4 is 21.6 Å². The van der Waals surface area contributed by atoms with E-state index in [0.29, 0.717) is 23.6 Å². The summed E-state index contributed by atoms with van der Waals surface area (Å²) in [6.07, 6.45) is 0. The quantitative estimate of drug-likeness (QED) is 0.768. The number of H-pyrrole nitrogens is 1. The summed E-state index contributed by atoms with van der Waals surface area (Å²) in [6.45, 7) is 5.28. The van der Waals surface area contributed by atoms with E-state index in [-0.39, 0.29) is 5.56 Å². The number of nitrogens with zero attached hydrogens (tertiary/aromatic N) is 3. The minimum atomic E-state index is -0.0689. The van der Waals surface area contributed by atoms with Gasteiger partial charge >= 0.3 is 0 Å². The molecule has 0 radical (unpaired) electrons. The molecular formula is C14H17N5OS. The van der Waals surface area contributed by atoms with Crippen molar-refractivity contribution in [3.8, 4) is 0 Å². The fourth-order valence-corrected chi connectivity index (χ4v) is 3.11. The van der Waals surface area contributed by atoms with Crippen LogP contribution in [0, 0.1) is 13.8 Å². The van der Waals surface area contributed by atoms with E-state index >= 15 is 0 Å². The van der Waals surface area contributed by atoms with E-state index in [2.05, 4.69) is 27.3 Å². The maximum atomic E-state index is 11.9. The maximum Gasteiger partial charge on any atom is 0.268 e. The number of aromatic nitrogens is 4. The molecule has 0 amide bonds. The first-order chi connectivity index (χ1) is 10.1. The summed E-state index contributed by atoms with van der Waals surface area (Å²) in [7, 11) is 1.94. The molecular weight excluding hydrogens is 286 g/mol. The molecule has 7 heteroatoms. The Morgan fingerprint density at radius 3 is 2.90 bits per heavy atom. The lowest BCUT2D eigenvalue weighted by Gasteiger charge is -2.05. The first kappa shape index (κ1) is 14.0. The van der Waals surface area contributed by atoms with Gasteiger partial charge in [-0.2, -0.15) is 5.10 Å². The van der Waals surface area contributed by atoms with Crippen LogP contribution in [0.1, 0.15) is 22.8 Å². The van der Waals surface area contributed by atoms with Crippen molar-refractivity contribution in [1.82, 2.24) is 25.1 Å². The molecule has 3 aromatic heterocycles. The Labute approximate surface area is 125 Å². The average molecular weight is 303 g/mol. The summed E-state index contributed by atoms with van der Waals surface area (Å²) in [6, 6.07) is 1.87. The SMILES string of the molecule is Cc1nn(C)c(C)c1CNCc1nc2ccsc2c(=O)[nH]1. The Kier molecular flexibility index (Phi) is 3.60. The molecule has 0 fully saturated rings. The van der Waals surface area contributed by atoms with Crippen molar-refractivity contribution in [2.45, 2.75) is 26.9 Å². The van der Waals surface area contributed by atoms with Gasteiger partial charge in [-0.25, -0.2) is 4.98 Å². The highest BCUT2D eigenvalue weighted by atomic mass is 32.1. The lowest BCUT2D eigenvalue weighted by atomic mass is 10.2. The zero-order valence-corrected chi connectivity index (χ0v) is 13.0. The molecule has 3 aromatic rings. The predicted molar refractivity (Wildman–Crippen MR) is 83.5 cm³/mol. The molecule has 0 spiro atoms. The van der Waals surface area contributed by atoms with Gasteiger partial charge in [0.1, 0.15) is 10.5 Å². The number of nitrogens with one attached hydrogen (secondary N) is 2. The second kappa shape index (κ2) is 5.42. The number of hydrogen-bond acceptors (Lipinski definition) is 5. The van der Waals surface area contributed by atoms with Gasteiger partial charge in [-0.3, -0.25) is 9.48 Å². The number of hydrogen-bond donors (Lipinski definition) is 2. The van der Waals surface area contributed by atoms with E-state index in [1.807, 2.05) is 30.1 Å². The third kappa shape index (κ3) is 2.62. The lowest BCUT2D eigenvalue weighted by molar-refractivity contribution is 0.657. The van der Waals surface area contributed by atoms with Crippen molar-refractivity contribution in [2.75, 3.05) is 0 Å². The molecule has 3 rings (SSSR count). The van der Waals surface area contributed by atoms with Crippen molar-refractivity contribution in [3.63, 3.8) is 0 Å². The molecule has 110 valence electrons. The van der Waals surface area contributed by atoms with Crippen LogP contribution in [0.25, 0.3) is 10.2 Å². The molecule has 0 atom stereocenters. The van der Waals surface area contributed by atoms with Gasteiger partial charge in [0.05, 0.1) is 17.8 Å². The van der Waals surface area contributed by atoms with E-state index in [1.54, 1.807) is 0 Å². The summed E-state index contributed by atoms with van der Waals surface area (Å²) in [5.41, 5.74) is 4.05. The molecule has 0 aliphatic heterocycles. The first-order valence-corrected chi connectivity index (χ1v) is 7.60. The van der Waals surface area contributed by atoms with Gasteiger partial charge in [-0.05, 0) is 25.3 Å². The van der Waals surface area contributed by atoms with Crippen LogP contribution >= 0.6 is 11.3 Å². The number of aryl methyl sites for hydroxylation is 2. The third-order valence-electron chi connectivity index (χ3n) is 3.62. The molecule has 0 saturated carbocycles. The maximum absolute atomic E-state index is 11.9. The predicted octanol–water partition coefficient (Wildman–Crippen LogP) is 1.62. The van der Waals surface area contributed by atoms with E-state index in [9.17, 15) is 4.79 Å². The van der Waals surface area contributed by atoms with E-state index in [4.69, 9.17) is 0 Å². The topological polar surface area (TPSA) is 75.6 Å². The minimum Gasteiger partial charge on any atom is -0.308 e. The second-order valence-electron chi connectivity index (χ2n) is 5.02. The van der Waals surface area contributed by atoms with Crippen LogP contribution in [0.2, 0.25) is 0 Å². The molecule has 0 saturated heterocycles. The molecule has 21 heavy (non-hydrogen) atoms. The van der Waals surface area contributed by atoms with E-state index in [0.717, 1.165) is 16.9 Å². The van der Waals surface area contributed by atoms with Crippen molar-refractivity contribution < 1.29 is 0 Å². The highest BCUT2D eigenvalue weighted by Gasteiger charge is 2.09. The summed E-state index contributed by atoms with van der Waals surface area (Å²) < 4.78 is 2.56. The van der Waals surface area contributed by atoms with Crippen molar-refractivity contribution in [1.29, 1.82) is 0 Å². The lowest BCUT2D eigenvalue weighted by Crippen LogP contribution is -2.19. The Morgan fingerprint density at radius 2 is 2.19 bits per heavy atom. The van der Waals surface area contributed by atoms with Gasteiger partial charge in [0, 0.05) is 24.8 Å². The molecule has 0 aromatic carbocycles. The summed E-state index contributed by atoms with van der Waals surface area (Å²) in [4.78, 5) is 19.1. The van der Waals surface area contributed by atoms with E-state index < -0.39 is 0 Å². The minimum absolute atomic E-state index is 0.0689. The monoisotopic (exact) mass is 303 g/mol. The van der Waals surface area contributed by atoms with Crippen molar-refractivity contribution in [2.24, 2.45) is 7.05 Å². The smallest absolute Gasteiger partial charge is 0.268 e. The number of thiophene rings is 1. The average Bonchev–Trinajstić information content (AvgIpc) is 2.99. The van der Waals surface area contributed by atoms with Crippen LogP contribution in [-0.4, -0.2) is 19.7 Å². The highest BCUT2D eigenvalue weighted by Crippen LogP contribution is 2.14. The third-order valence-corrected chi connectivity index (χ3v) is 4.52. The van der Waals surface area contributed by atoms with Gasteiger partial charge in [0.15, 0.2) is 0 Å². The fraction of sp³-hybridized carbons (Fsp3) is 0.357. The number of rotatable bonds is 4. The highest BCUT2D eigenvalue weighted by molar-refractivity contribution is 7.17. The Hall–Kier alpha value is -1.99. The Balaban J connectivity index is 1.73. The Morgan fingerprint density at radius 1 is 1.38 bits per heavy atom. The first-order valence-electron chi connectivity index (χ1n) is 6.72.